The van der Waals surface area contributed by atoms with E-state index in [2.05, 4.69) is 21.6 Å². The van der Waals surface area contributed by atoms with E-state index in [0.717, 1.165) is 11.3 Å². The molecular weight excluding hydrogens is 363 g/mol. The minimum absolute atomic E-state index is 0.202. The first kappa shape index (κ1) is 16.5. The first-order valence-corrected chi connectivity index (χ1v) is 8.51. The summed E-state index contributed by atoms with van der Waals surface area (Å²) in [7, 11) is 0. The third kappa shape index (κ3) is 3.74. The van der Waals surface area contributed by atoms with Crippen LogP contribution in [-0.2, 0) is 0 Å². The van der Waals surface area contributed by atoms with Gasteiger partial charge in [0.25, 0.3) is 0 Å². The number of anilines is 1. The van der Waals surface area contributed by atoms with Gasteiger partial charge in [-0.15, -0.1) is 11.3 Å². The highest BCUT2D eigenvalue weighted by Crippen LogP contribution is 2.25. The van der Waals surface area contributed by atoms with Gasteiger partial charge >= 0.3 is 0 Å². The molecule has 1 N–H and O–H groups in total. The average Bonchev–Trinajstić information content (AvgIpc) is 3.09. The van der Waals surface area contributed by atoms with E-state index in [1.54, 1.807) is 18.2 Å². The molecule has 2 aromatic carbocycles. The lowest BCUT2D eigenvalue weighted by Crippen LogP contribution is -2.01. The van der Waals surface area contributed by atoms with Crippen LogP contribution >= 0.6 is 34.5 Å². The molecule has 4 nitrogen and oxygen atoms in total. The van der Waals surface area contributed by atoms with Gasteiger partial charge in [0.2, 0.25) is 0 Å². The molecule has 0 aliphatic heterocycles. The number of rotatable bonds is 4. The average molecular weight is 373 g/mol. The van der Waals surface area contributed by atoms with E-state index in [4.69, 9.17) is 23.2 Å². The van der Waals surface area contributed by atoms with Crippen molar-refractivity contribution in [3.8, 4) is 17.3 Å². The van der Waals surface area contributed by atoms with Crippen LogP contribution in [0.5, 0.6) is 0 Å². The SMILES string of the molecule is N#CC(=NNc1ccc(Cl)c(Cl)c1)c1nc(-c2ccccc2)cs1. The highest BCUT2D eigenvalue weighted by molar-refractivity contribution is 7.12. The van der Waals surface area contributed by atoms with Gasteiger partial charge in [-0.25, -0.2) is 4.98 Å². The Kier molecular flexibility index (Phi) is 5.11. The molecule has 0 radical (unpaired) electrons. The maximum Gasteiger partial charge on any atom is 0.196 e. The van der Waals surface area contributed by atoms with E-state index < -0.39 is 0 Å². The van der Waals surface area contributed by atoms with Gasteiger partial charge in [-0.05, 0) is 18.2 Å². The molecule has 0 fully saturated rings. The molecule has 0 spiro atoms. The van der Waals surface area contributed by atoms with Crippen LogP contribution in [0.3, 0.4) is 0 Å². The normalized spacial score (nSPS) is 11.1. The van der Waals surface area contributed by atoms with Crippen molar-refractivity contribution in [3.05, 3.63) is 69.0 Å². The van der Waals surface area contributed by atoms with E-state index in [1.807, 2.05) is 35.7 Å². The highest BCUT2D eigenvalue weighted by atomic mass is 35.5. The summed E-state index contributed by atoms with van der Waals surface area (Å²) >= 11 is 13.2. The molecule has 7 heteroatoms. The Balaban J connectivity index is 1.82. The number of halogens is 2. The van der Waals surface area contributed by atoms with Crippen LogP contribution in [0.4, 0.5) is 5.69 Å². The van der Waals surface area contributed by atoms with Crippen LogP contribution in [0.25, 0.3) is 11.3 Å². The van der Waals surface area contributed by atoms with E-state index in [1.165, 1.54) is 11.3 Å². The number of hydrazone groups is 1. The van der Waals surface area contributed by atoms with Gasteiger partial charge in [0, 0.05) is 10.9 Å². The lowest BCUT2D eigenvalue weighted by atomic mass is 10.2. The van der Waals surface area contributed by atoms with Gasteiger partial charge in [-0.3, -0.25) is 5.43 Å². The van der Waals surface area contributed by atoms with Crippen molar-refractivity contribution in [3.63, 3.8) is 0 Å². The first-order valence-electron chi connectivity index (χ1n) is 6.87. The van der Waals surface area contributed by atoms with Gasteiger partial charge < -0.3 is 0 Å². The van der Waals surface area contributed by atoms with E-state index in [9.17, 15) is 5.26 Å². The topological polar surface area (TPSA) is 61.1 Å². The molecule has 0 aliphatic rings. The van der Waals surface area contributed by atoms with Gasteiger partial charge in [0.1, 0.15) is 6.07 Å². The van der Waals surface area contributed by atoms with Crippen molar-refractivity contribution in [2.45, 2.75) is 0 Å². The van der Waals surface area contributed by atoms with Crippen LogP contribution in [0, 0.1) is 11.3 Å². The summed E-state index contributed by atoms with van der Waals surface area (Å²) in [6.07, 6.45) is 0. The summed E-state index contributed by atoms with van der Waals surface area (Å²) in [6, 6.07) is 16.8. The summed E-state index contributed by atoms with van der Waals surface area (Å²) in [5.41, 5.74) is 5.45. The van der Waals surface area contributed by atoms with Gasteiger partial charge in [-0.1, -0.05) is 53.5 Å². The Labute approximate surface area is 153 Å². The van der Waals surface area contributed by atoms with Crippen LogP contribution in [0.1, 0.15) is 5.01 Å². The predicted octanol–water partition coefficient (Wildman–Crippen LogP) is 5.46. The third-order valence-electron chi connectivity index (χ3n) is 3.10. The summed E-state index contributed by atoms with van der Waals surface area (Å²) in [5.74, 6) is 0. The molecule has 0 atom stereocenters. The van der Waals surface area contributed by atoms with Gasteiger partial charge in [0.05, 0.1) is 21.4 Å². The standard InChI is InChI=1S/C17H10Cl2N4S/c18-13-7-6-12(8-14(13)19)22-23-15(9-20)17-21-16(10-24-17)11-4-2-1-3-5-11/h1-8,10,22H. The zero-order chi connectivity index (χ0) is 16.9. The fraction of sp³-hybridized carbons (Fsp3) is 0. The lowest BCUT2D eigenvalue weighted by molar-refractivity contribution is 1.31. The monoisotopic (exact) mass is 372 g/mol. The number of hydrogen-bond donors (Lipinski definition) is 1. The van der Waals surface area contributed by atoms with Crippen LogP contribution in [0.2, 0.25) is 10.0 Å². The van der Waals surface area contributed by atoms with Crippen LogP contribution in [-0.4, -0.2) is 10.7 Å². The van der Waals surface area contributed by atoms with Crippen molar-refractivity contribution >= 4 is 45.9 Å². The Morgan fingerprint density at radius 3 is 2.62 bits per heavy atom. The predicted molar refractivity (Wildman–Crippen MR) is 99.8 cm³/mol. The first-order chi connectivity index (χ1) is 11.7. The highest BCUT2D eigenvalue weighted by Gasteiger charge is 2.10. The Bertz CT molecular complexity index is 929. The second-order valence-corrected chi connectivity index (χ2v) is 6.39. The summed E-state index contributed by atoms with van der Waals surface area (Å²) in [4.78, 5) is 4.47. The second-order valence-electron chi connectivity index (χ2n) is 4.72. The molecule has 1 aromatic heterocycles. The third-order valence-corrected chi connectivity index (χ3v) is 4.69. The number of nitrogens with one attached hydrogen (secondary N) is 1. The van der Waals surface area contributed by atoms with E-state index in [0.29, 0.717) is 20.7 Å². The fourth-order valence-electron chi connectivity index (χ4n) is 1.93. The largest absolute Gasteiger partial charge is 0.277 e. The van der Waals surface area contributed by atoms with Crippen LogP contribution < -0.4 is 5.43 Å². The minimum Gasteiger partial charge on any atom is -0.277 e. The van der Waals surface area contributed by atoms with Gasteiger partial charge in [0.15, 0.2) is 10.7 Å². The molecular formula is C17H10Cl2N4S. The van der Waals surface area contributed by atoms with Gasteiger partial charge in [-0.2, -0.15) is 10.4 Å². The van der Waals surface area contributed by atoms with Crippen molar-refractivity contribution in [1.82, 2.24) is 4.98 Å². The Morgan fingerprint density at radius 2 is 1.92 bits per heavy atom. The second kappa shape index (κ2) is 7.45. The van der Waals surface area contributed by atoms with Crippen molar-refractivity contribution in [1.29, 1.82) is 5.26 Å². The molecule has 0 bridgehead atoms. The molecule has 118 valence electrons. The number of hydrogen-bond acceptors (Lipinski definition) is 5. The molecule has 0 saturated carbocycles. The zero-order valence-electron chi connectivity index (χ0n) is 12.2. The quantitative estimate of drug-likeness (QED) is 0.488. The Morgan fingerprint density at radius 1 is 1.12 bits per heavy atom. The number of nitriles is 1. The molecule has 1 heterocycles. The number of benzene rings is 2. The molecule has 0 saturated heterocycles. The van der Waals surface area contributed by atoms with Crippen molar-refractivity contribution in [2.24, 2.45) is 5.10 Å². The smallest absolute Gasteiger partial charge is 0.196 e. The molecule has 0 unspecified atom stereocenters. The van der Waals surface area contributed by atoms with Crippen molar-refractivity contribution in [2.75, 3.05) is 5.43 Å². The fourth-order valence-corrected chi connectivity index (χ4v) is 2.99. The summed E-state index contributed by atoms with van der Waals surface area (Å²) < 4.78 is 0. The number of thiazole rings is 1. The van der Waals surface area contributed by atoms with Crippen molar-refractivity contribution < 1.29 is 0 Å². The maximum atomic E-state index is 9.33. The lowest BCUT2D eigenvalue weighted by Gasteiger charge is -2.02. The molecule has 3 aromatic rings. The Hall–Kier alpha value is -2.39. The minimum atomic E-state index is 0.202. The maximum absolute atomic E-state index is 9.33. The summed E-state index contributed by atoms with van der Waals surface area (Å²) in [6.45, 7) is 0. The molecule has 0 amide bonds. The summed E-state index contributed by atoms with van der Waals surface area (Å²) in [5, 5.41) is 16.8. The molecule has 3 rings (SSSR count). The molecule has 24 heavy (non-hydrogen) atoms. The number of nitrogens with zero attached hydrogens (tertiary/aromatic N) is 3. The van der Waals surface area contributed by atoms with Crippen LogP contribution in [0.15, 0.2) is 59.0 Å². The van der Waals surface area contributed by atoms with E-state index in [-0.39, 0.29) is 5.71 Å². The molecule has 0 aliphatic carbocycles. The number of aromatic nitrogens is 1. The van der Waals surface area contributed by atoms with E-state index >= 15 is 0 Å². The zero-order valence-corrected chi connectivity index (χ0v) is 14.5.